The van der Waals surface area contributed by atoms with Crippen LogP contribution in [-0.4, -0.2) is 39.4 Å². The van der Waals surface area contributed by atoms with Gasteiger partial charge in [0.05, 0.1) is 5.56 Å². The molecule has 0 spiro atoms. The molecule has 0 bridgehead atoms. The summed E-state index contributed by atoms with van der Waals surface area (Å²) in [4.78, 5) is 23.8. The maximum atomic E-state index is 11.7. The Kier molecular flexibility index (Phi) is 5.70. The summed E-state index contributed by atoms with van der Waals surface area (Å²) in [6.45, 7) is 5.54. The van der Waals surface area contributed by atoms with Crippen LogP contribution in [0.2, 0.25) is 0 Å². The van der Waals surface area contributed by atoms with Crippen molar-refractivity contribution in [1.82, 2.24) is 5.32 Å². The molecule has 0 radical (unpaired) electrons. The zero-order chi connectivity index (χ0) is 15.4. The topological polar surface area (TPSA) is 95.5 Å². The minimum absolute atomic E-state index is 0.120. The van der Waals surface area contributed by atoms with Crippen LogP contribution < -0.4 is 10.6 Å². The van der Waals surface area contributed by atoms with Gasteiger partial charge in [-0.1, -0.05) is 0 Å². The van der Waals surface area contributed by atoms with Gasteiger partial charge in [0.1, 0.15) is 5.00 Å². The Hall–Kier alpha value is -1.41. The Bertz CT molecular complexity index is 554. The molecule has 2 atom stereocenters. The van der Waals surface area contributed by atoms with Crippen molar-refractivity contribution in [3.8, 4) is 0 Å². The molecule has 6 nitrogen and oxygen atoms in total. The normalized spacial score (nSPS) is 13.6. The zero-order valence-electron chi connectivity index (χ0n) is 11.8. The van der Waals surface area contributed by atoms with Crippen molar-refractivity contribution in [2.24, 2.45) is 0 Å². The van der Waals surface area contributed by atoms with Crippen LogP contribution in [0.1, 0.15) is 27.7 Å². The van der Waals surface area contributed by atoms with E-state index in [4.69, 9.17) is 5.11 Å². The van der Waals surface area contributed by atoms with Crippen molar-refractivity contribution in [2.45, 2.75) is 26.0 Å². The number of amides is 2. The van der Waals surface area contributed by atoms with E-state index in [9.17, 15) is 13.8 Å². The number of nitrogens with one attached hydrogen (secondary N) is 2. The summed E-state index contributed by atoms with van der Waals surface area (Å²) in [5.74, 6) is -1.06. The highest BCUT2D eigenvalue weighted by atomic mass is 32.2. The first-order valence-corrected chi connectivity index (χ1v) is 8.38. The first-order valence-electron chi connectivity index (χ1n) is 5.94. The average Bonchev–Trinajstić information content (AvgIpc) is 2.61. The maximum absolute atomic E-state index is 11.7. The fourth-order valence-corrected chi connectivity index (χ4v) is 2.84. The molecule has 0 aliphatic heterocycles. The van der Waals surface area contributed by atoms with Gasteiger partial charge in [0, 0.05) is 33.7 Å². The van der Waals surface area contributed by atoms with Crippen molar-refractivity contribution in [2.75, 3.05) is 18.1 Å². The fourth-order valence-electron chi connectivity index (χ4n) is 1.47. The van der Waals surface area contributed by atoms with E-state index >= 15 is 0 Å². The number of aromatic carboxylic acids is 1. The highest BCUT2D eigenvalue weighted by molar-refractivity contribution is 7.84. The van der Waals surface area contributed by atoms with Gasteiger partial charge >= 0.3 is 12.0 Å². The number of urea groups is 1. The molecule has 1 rings (SSSR count). The summed E-state index contributed by atoms with van der Waals surface area (Å²) >= 11 is 1.23. The lowest BCUT2D eigenvalue weighted by molar-refractivity contribution is 0.0697. The second kappa shape index (κ2) is 6.85. The summed E-state index contributed by atoms with van der Waals surface area (Å²) in [6, 6.07) is -0.494. The Morgan fingerprint density at radius 3 is 2.50 bits per heavy atom. The molecule has 8 heteroatoms. The molecule has 0 aromatic carbocycles. The predicted molar refractivity (Wildman–Crippen MR) is 81.3 cm³/mol. The van der Waals surface area contributed by atoms with Gasteiger partial charge in [-0.25, -0.2) is 9.59 Å². The standard InChI is InChI=1S/C12H18N2O4S2/c1-6(20(4)18)5-13-12(17)14-10-9(11(15)16)7(2)8(3)19-10/h6H,5H2,1-4H3,(H,15,16)(H2,13,14,17). The minimum Gasteiger partial charge on any atom is -0.478 e. The third-order valence-corrected chi connectivity index (χ3v) is 5.37. The van der Waals surface area contributed by atoms with Gasteiger partial charge in [0.15, 0.2) is 0 Å². The van der Waals surface area contributed by atoms with Crippen LogP contribution in [0.15, 0.2) is 0 Å². The molecule has 2 amide bonds. The number of anilines is 1. The van der Waals surface area contributed by atoms with Crippen LogP contribution in [0.25, 0.3) is 0 Å². The van der Waals surface area contributed by atoms with Gasteiger partial charge < -0.3 is 10.4 Å². The molecule has 20 heavy (non-hydrogen) atoms. The van der Waals surface area contributed by atoms with E-state index in [2.05, 4.69) is 10.6 Å². The molecule has 0 saturated carbocycles. The van der Waals surface area contributed by atoms with Crippen LogP contribution in [0.4, 0.5) is 9.80 Å². The first kappa shape index (κ1) is 16.6. The van der Waals surface area contributed by atoms with Gasteiger partial charge in [-0.3, -0.25) is 9.53 Å². The first-order chi connectivity index (χ1) is 9.23. The third kappa shape index (κ3) is 4.04. The second-order valence-corrected chi connectivity index (χ2v) is 7.46. The summed E-state index contributed by atoms with van der Waals surface area (Å²) in [5.41, 5.74) is 0.774. The molecule has 0 fully saturated rings. The molecular formula is C12H18N2O4S2. The van der Waals surface area contributed by atoms with Crippen LogP contribution in [0, 0.1) is 13.8 Å². The quantitative estimate of drug-likeness (QED) is 0.773. The number of carboxylic acid groups (broad SMARTS) is 1. The highest BCUT2D eigenvalue weighted by Crippen LogP contribution is 2.32. The Morgan fingerprint density at radius 1 is 1.40 bits per heavy atom. The molecule has 0 aliphatic carbocycles. The maximum Gasteiger partial charge on any atom is 0.338 e. The van der Waals surface area contributed by atoms with E-state index in [0.717, 1.165) is 4.88 Å². The largest absolute Gasteiger partial charge is 0.478 e. The lowest BCUT2D eigenvalue weighted by Gasteiger charge is -2.10. The van der Waals surface area contributed by atoms with Crippen molar-refractivity contribution in [3.05, 3.63) is 16.0 Å². The molecule has 3 N–H and O–H groups in total. The molecule has 1 aromatic heterocycles. The van der Waals surface area contributed by atoms with Gasteiger partial charge in [-0.05, 0) is 26.3 Å². The van der Waals surface area contributed by atoms with Gasteiger partial charge in [-0.2, -0.15) is 0 Å². The smallest absolute Gasteiger partial charge is 0.338 e. The third-order valence-electron chi connectivity index (χ3n) is 2.94. The van der Waals surface area contributed by atoms with Gasteiger partial charge in [0.2, 0.25) is 0 Å². The summed E-state index contributed by atoms with van der Waals surface area (Å²) < 4.78 is 11.2. The van der Waals surface area contributed by atoms with Crippen LogP contribution in [-0.2, 0) is 10.8 Å². The molecule has 2 unspecified atom stereocenters. The SMILES string of the molecule is Cc1sc(NC(=O)NCC(C)S(C)=O)c(C(=O)O)c1C. The number of thiophene rings is 1. The minimum atomic E-state index is -1.06. The molecular weight excluding hydrogens is 300 g/mol. The predicted octanol–water partition coefficient (Wildman–Crippen LogP) is 1.95. The van der Waals surface area contributed by atoms with E-state index in [1.165, 1.54) is 11.3 Å². The zero-order valence-corrected chi connectivity index (χ0v) is 13.4. The number of aryl methyl sites for hydroxylation is 1. The number of rotatable bonds is 5. The number of carboxylic acids is 1. The lowest BCUT2D eigenvalue weighted by atomic mass is 10.1. The van der Waals surface area contributed by atoms with E-state index in [1.807, 2.05) is 0 Å². The van der Waals surface area contributed by atoms with Crippen molar-refractivity contribution >= 4 is 39.1 Å². The Labute approximate surface area is 124 Å². The number of carbonyl (C=O) groups excluding carboxylic acids is 1. The van der Waals surface area contributed by atoms with Crippen molar-refractivity contribution in [3.63, 3.8) is 0 Å². The van der Waals surface area contributed by atoms with E-state index in [-0.39, 0.29) is 17.4 Å². The van der Waals surface area contributed by atoms with Gasteiger partial charge in [0.25, 0.3) is 0 Å². The number of carbonyl (C=O) groups is 2. The number of hydrogen-bond acceptors (Lipinski definition) is 4. The summed E-state index contributed by atoms with van der Waals surface area (Å²) in [6.07, 6.45) is 1.57. The van der Waals surface area contributed by atoms with Crippen molar-refractivity contribution < 1.29 is 18.9 Å². The fraction of sp³-hybridized carbons (Fsp3) is 0.500. The molecule has 0 saturated heterocycles. The second-order valence-electron chi connectivity index (χ2n) is 4.44. The average molecular weight is 318 g/mol. The Morgan fingerprint density at radius 2 is 2.00 bits per heavy atom. The lowest BCUT2D eigenvalue weighted by Crippen LogP contribution is -2.35. The van der Waals surface area contributed by atoms with Gasteiger partial charge in [-0.15, -0.1) is 11.3 Å². The van der Waals surface area contributed by atoms with E-state index in [1.54, 1.807) is 27.0 Å². The molecule has 0 aliphatic rings. The summed E-state index contributed by atoms with van der Waals surface area (Å²) in [7, 11) is -1.02. The summed E-state index contributed by atoms with van der Waals surface area (Å²) in [5, 5.41) is 14.4. The molecule has 112 valence electrons. The number of hydrogen-bond donors (Lipinski definition) is 3. The molecule has 1 aromatic rings. The van der Waals surface area contributed by atoms with Crippen LogP contribution >= 0.6 is 11.3 Å². The van der Waals surface area contributed by atoms with Crippen LogP contribution in [0.3, 0.4) is 0 Å². The van der Waals surface area contributed by atoms with E-state index < -0.39 is 22.8 Å². The van der Waals surface area contributed by atoms with Crippen LogP contribution in [0.5, 0.6) is 0 Å². The highest BCUT2D eigenvalue weighted by Gasteiger charge is 2.20. The molecule has 1 heterocycles. The van der Waals surface area contributed by atoms with E-state index in [0.29, 0.717) is 10.6 Å². The monoisotopic (exact) mass is 318 g/mol. The van der Waals surface area contributed by atoms with Crippen molar-refractivity contribution in [1.29, 1.82) is 0 Å². The Balaban J connectivity index is 2.74.